The summed E-state index contributed by atoms with van der Waals surface area (Å²) in [7, 11) is 0. The number of rotatable bonds is 2. The molecule has 1 unspecified atom stereocenters. The molecule has 0 saturated heterocycles. The van der Waals surface area contributed by atoms with Gasteiger partial charge in [0, 0.05) is 11.8 Å². The number of amides is 1. The Morgan fingerprint density at radius 2 is 2.05 bits per heavy atom. The van der Waals surface area contributed by atoms with Gasteiger partial charge in [-0.2, -0.15) is 0 Å². The van der Waals surface area contributed by atoms with Crippen LogP contribution >= 0.6 is 0 Å². The maximum Gasteiger partial charge on any atom is 0.240 e. The normalized spacial score (nSPS) is 18.0. The molecule has 20 heavy (non-hydrogen) atoms. The quantitative estimate of drug-likeness (QED) is 0.914. The van der Waals surface area contributed by atoms with Gasteiger partial charge < -0.3 is 9.88 Å². The number of hydrogen-bond acceptors (Lipinski definition) is 2. The van der Waals surface area contributed by atoms with Crippen molar-refractivity contribution in [1.29, 1.82) is 0 Å². The maximum atomic E-state index is 13.0. The van der Waals surface area contributed by atoms with Crippen molar-refractivity contribution in [2.24, 2.45) is 5.92 Å². The fourth-order valence-electron chi connectivity index (χ4n) is 2.47. The largest absolute Gasteiger partial charge is 0.344 e. The van der Waals surface area contributed by atoms with Crippen LogP contribution in [0, 0.1) is 11.7 Å². The first-order valence-electron chi connectivity index (χ1n) is 6.67. The van der Waals surface area contributed by atoms with Crippen LogP contribution in [0.5, 0.6) is 0 Å². The van der Waals surface area contributed by atoms with E-state index in [1.807, 2.05) is 24.6 Å². The topological polar surface area (TPSA) is 46.9 Å². The Morgan fingerprint density at radius 3 is 2.70 bits per heavy atom. The Bertz CT molecular complexity index is 646. The molecular weight excluding hydrogens is 257 g/mol. The second-order valence-corrected chi connectivity index (χ2v) is 5.41. The van der Waals surface area contributed by atoms with Crippen molar-refractivity contribution in [3.8, 4) is 11.3 Å². The van der Waals surface area contributed by atoms with Crippen LogP contribution in [0.25, 0.3) is 11.3 Å². The molecule has 1 N–H and O–H groups in total. The maximum absolute atomic E-state index is 13.0. The first kappa shape index (κ1) is 12.8. The summed E-state index contributed by atoms with van der Waals surface area (Å²) in [4.78, 5) is 16.3. The van der Waals surface area contributed by atoms with Crippen LogP contribution in [-0.2, 0) is 11.3 Å². The molecule has 2 heterocycles. The van der Waals surface area contributed by atoms with Gasteiger partial charge in [-0.15, -0.1) is 0 Å². The fourth-order valence-corrected chi connectivity index (χ4v) is 2.47. The van der Waals surface area contributed by atoms with E-state index in [-0.39, 0.29) is 30.2 Å². The highest BCUT2D eigenvalue weighted by Gasteiger charge is 2.29. The van der Waals surface area contributed by atoms with E-state index >= 15 is 0 Å². The average Bonchev–Trinajstić information content (AvgIpc) is 2.81. The number of aromatic nitrogens is 2. The summed E-state index contributed by atoms with van der Waals surface area (Å²) in [6, 6.07) is 6.14. The molecule has 1 aliphatic rings. The smallest absolute Gasteiger partial charge is 0.240 e. The highest BCUT2D eigenvalue weighted by molar-refractivity contribution is 5.77. The standard InChI is InChI=1S/C15H16FN3O/c1-9(2)14-15-17-12(7-19(15)8-13(20)18-14)10-3-5-11(16)6-4-10/h3-7,9,14H,8H2,1-2H3,(H,18,20). The highest BCUT2D eigenvalue weighted by Crippen LogP contribution is 2.28. The minimum absolute atomic E-state index is 0.000689. The third-order valence-corrected chi connectivity index (χ3v) is 3.52. The Kier molecular flexibility index (Phi) is 3.04. The Labute approximate surface area is 116 Å². The van der Waals surface area contributed by atoms with E-state index in [4.69, 9.17) is 0 Å². The molecule has 1 amide bonds. The molecule has 5 heteroatoms. The van der Waals surface area contributed by atoms with Gasteiger partial charge in [-0.3, -0.25) is 4.79 Å². The van der Waals surface area contributed by atoms with Crippen molar-refractivity contribution in [3.05, 3.63) is 42.1 Å². The van der Waals surface area contributed by atoms with Crippen LogP contribution in [0.3, 0.4) is 0 Å². The number of hydrogen-bond donors (Lipinski definition) is 1. The third-order valence-electron chi connectivity index (χ3n) is 3.52. The second-order valence-electron chi connectivity index (χ2n) is 5.41. The molecule has 2 aromatic rings. The lowest BCUT2D eigenvalue weighted by molar-refractivity contribution is -0.124. The number of carbonyl (C=O) groups is 1. The molecule has 0 aliphatic carbocycles. The predicted octanol–water partition coefficient (Wildman–Crippen LogP) is 2.52. The summed E-state index contributed by atoms with van der Waals surface area (Å²) in [5, 5.41) is 2.96. The number of nitrogens with zero attached hydrogens (tertiary/aromatic N) is 2. The van der Waals surface area contributed by atoms with E-state index in [1.54, 1.807) is 12.1 Å². The molecule has 0 saturated carbocycles. The Hall–Kier alpha value is -2.17. The molecule has 0 bridgehead atoms. The van der Waals surface area contributed by atoms with Gasteiger partial charge in [-0.05, 0) is 30.2 Å². The molecular formula is C15H16FN3O. The molecule has 0 radical (unpaired) electrons. The van der Waals surface area contributed by atoms with Gasteiger partial charge in [0.1, 0.15) is 18.2 Å². The van der Waals surface area contributed by atoms with Crippen molar-refractivity contribution < 1.29 is 9.18 Å². The molecule has 1 aromatic heterocycles. The molecule has 1 aromatic carbocycles. The summed E-state index contributed by atoms with van der Waals surface area (Å²) in [5.74, 6) is 0.856. The minimum Gasteiger partial charge on any atom is -0.344 e. The predicted molar refractivity (Wildman–Crippen MR) is 73.3 cm³/mol. The Balaban J connectivity index is 2.03. The summed E-state index contributed by atoms with van der Waals surface area (Å²) < 4.78 is 14.8. The van der Waals surface area contributed by atoms with Crippen LogP contribution < -0.4 is 5.32 Å². The zero-order valence-corrected chi connectivity index (χ0v) is 11.4. The molecule has 1 atom stereocenters. The molecule has 3 rings (SSSR count). The van der Waals surface area contributed by atoms with Crippen molar-refractivity contribution >= 4 is 5.91 Å². The lowest BCUT2D eigenvalue weighted by atomic mass is 10.0. The number of halogens is 1. The van der Waals surface area contributed by atoms with E-state index < -0.39 is 0 Å². The van der Waals surface area contributed by atoms with E-state index in [2.05, 4.69) is 10.3 Å². The van der Waals surface area contributed by atoms with Gasteiger partial charge in [-0.1, -0.05) is 13.8 Å². The summed E-state index contributed by atoms with van der Waals surface area (Å²) in [6.45, 7) is 4.38. The SMILES string of the molecule is CC(C)C1NC(=O)Cn2cc(-c3ccc(F)cc3)nc21. The minimum atomic E-state index is -0.269. The Morgan fingerprint density at radius 1 is 1.35 bits per heavy atom. The van der Waals surface area contributed by atoms with E-state index in [9.17, 15) is 9.18 Å². The molecule has 0 fully saturated rings. The number of fused-ring (bicyclic) bond motifs is 1. The number of benzene rings is 1. The van der Waals surface area contributed by atoms with Gasteiger partial charge >= 0.3 is 0 Å². The number of carbonyl (C=O) groups excluding carboxylic acids is 1. The van der Waals surface area contributed by atoms with Crippen molar-refractivity contribution in [2.75, 3.05) is 0 Å². The van der Waals surface area contributed by atoms with Gasteiger partial charge in [0.15, 0.2) is 0 Å². The monoisotopic (exact) mass is 273 g/mol. The van der Waals surface area contributed by atoms with E-state index in [0.717, 1.165) is 17.1 Å². The fraction of sp³-hybridized carbons (Fsp3) is 0.333. The summed E-state index contributed by atoms with van der Waals surface area (Å²) in [6.07, 6.45) is 1.86. The van der Waals surface area contributed by atoms with Crippen LogP contribution in [0.4, 0.5) is 4.39 Å². The lowest BCUT2D eigenvalue weighted by Gasteiger charge is -2.27. The first-order valence-corrected chi connectivity index (χ1v) is 6.67. The summed E-state index contributed by atoms with van der Waals surface area (Å²) in [5.41, 5.74) is 1.62. The molecule has 1 aliphatic heterocycles. The summed E-state index contributed by atoms with van der Waals surface area (Å²) >= 11 is 0. The molecule has 0 spiro atoms. The van der Waals surface area contributed by atoms with Crippen molar-refractivity contribution in [2.45, 2.75) is 26.4 Å². The first-order chi connectivity index (χ1) is 9.54. The van der Waals surface area contributed by atoms with Crippen LogP contribution in [0.2, 0.25) is 0 Å². The van der Waals surface area contributed by atoms with Gasteiger partial charge in [0.2, 0.25) is 5.91 Å². The number of imidazole rings is 1. The van der Waals surface area contributed by atoms with Gasteiger partial charge in [0.05, 0.1) is 11.7 Å². The number of nitrogens with one attached hydrogen (secondary N) is 1. The van der Waals surface area contributed by atoms with E-state index in [0.29, 0.717) is 0 Å². The third kappa shape index (κ3) is 2.19. The molecule has 4 nitrogen and oxygen atoms in total. The van der Waals surface area contributed by atoms with Crippen molar-refractivity contribution in [1.82, 2.24) is 14.9 Å². The van der Waals surface area contributed by atoms with E-state index in [1.165, 1.54) is 12.1 Å². The van der Waals surface area contributed by atoms with Crippen molar-refractivity contribution in [3.63, 3.8) is 0 Å². The zero-order valence-electron chi connectivity index (χ0n) is 11.4. The van der Waals surface area contributed by atoms with Crippen LogP contribution in [0.1, 0.15) is 25.7 Å². The van der Waals surface area contributed by atoms with Gasteiger partial charge in [-0.25, -0.2) is 9.37 Å². The highest BCUT2D eigenvalue weighted by atomic mass is 19.1. The van der Waals surface area contributed by atoms with Crippen LogP contribution in [0.15, 0.2) is 30.5 Å². The zero-order chi connectivity index (χ0) is 14.3. The lowest BCUT2D eigenvalue weighted by Crippen LogP contribution is -2.40. The average molecular weight is 273 g/mol. The second kappa shape index (κ2) is 4.74. The molecule has 104 valence electrons. The van der Waals surface area contributed by atoms with Gasteiger partial charge in [0.25, 0.3) is 0 Å². The van der Waals surface area contributed by atoms with Crippen LogP contribution in [-0.4, -0.2) is 15.5 Å².